The maximum absolute atomic E-state index is 12.2. The minimum absolute atomic E-state index is 0.139. The quantitative estimate of drug-likeness (QED) is 0.631. The van der Waals surface area contributed by atoms with E-state index in [1.165, 1.54) is 0 Å². The third-order valence-electron chi connectivity index (χ3n) is 3.92. The molecule has 7 nitrogen and oxygen atoms in total. The monoisotopic (exact) mass is 400 g/mol. The van der Waals surface area contributed by atoms with Crippen LogP contribution in [-0.2, 0) is 16.1 Å². The van der Waals surface area contributed by atoms with Gasteiger partial charge in [0.05, 0.1) is 19.3 Å². The lowest BCUT2D eigenvalue weighted by Gasteiger charge is -2.15. The summed E-state index contributed by atoms with van der Waals surface area (Å²) in [5.74, 6) is 0.379. The van der Waals surface area contributed by atoms with Gasteiger partial charge < -0.3 is 14.2 Å². The van der Waals surface area contributed by atoms with Gasteiger partial charge in [0.25, 0.3) is 11.8 Å². The zero-order valence-electron chi connectivity index (χ0n) is 17.2. The Kier molecular flexibility index (Phi) is 8.48. The number of nitrogens with one attached hydrogen (secondary N) is 2. The molecule has 0 aromatic heterocycles. The highest BCUT2D eigenvalue weighted by Gasteiger charge is 2.16. The van der Waals surface area contributed by atoms with Gasteiger partial charge in [0, 0.05) is 5.56 Å². The lowest BCUT2D eigenvalue weighted by Crippen LogP contribution is -2.47. The fourth-order valence-electron chi connectivity index (χ4n) is 2.35. The van der Waals surface area contributed by atoms with Gasteiger partial charge in [-0.3, -0.25) is 20.4 Å². The van der Waals surface area contributed by atoms with Crippen LogP contribution in [0.2, 0.25) is 0 Å². The van der Waals surface area contributed by atoms with Crippen LogP contribution in [0.25, 0.3) is 0 Å². The molecule has 0 saturated carbocycles. The van der Waals surface area contributed by atoms with E-state index in [1.54, 1.807) is 43.3 Å². The van der Waals surface area contributed by atoms with Crippen LogP contribution in [0.3, 0.4) is 0 Å². The first-order valence-electron chi connectivity index (χ1n) is 9.59. The number of hydrazine groups is 1. The van der Waals surface area contributed by atoms with Crippen LogP contribution < -0.4 is 20.3 Å². The first kappa shape index (κ1) is 22.2. The summed E-state index contributed by atoms with van der Waals surface area (Å²) < 4.78 is 16.5. The van der Waals surface area contributed by atoms with E-state index in [2.05, 4.69) is 10.9 Å². The Labute approximate surface area is 171 Å². The van der Waals surface area contributed by atoms with E-state index >= 15 is 0 Å². The van der Waals surface area contributed by atoms with Crippen molar-refractivity contribution in [3.05, 3.63) is 59.7 Å². The summed E-state index contributed by atoms with van der Waals surface area (Å²) in [6.45, 7) is 8.49. The fraction of sp³-hybridized carbons (Fsp3) is 0.364. The Bertz CT molecular complexity index is 788. The van der Waals surface area contributed by atoms with Gasteiger partial charge in [-0.1, -0.05) is 12.1 Å². The molecule has 0 heterocycles. The number of rotatable bonds is 9. The van der Waals surface area contributed by atoms with Crippen molar-refractivity contribution < 1.29 is 23.8 Å². The first-order chi connectivity index (χ1) is 13.9. The van der Waals surface area contributed by atoms with Crippen LogP contribution in [0.4, 0.5) is 0 Å². The topological polar surface area (TPSA) is 85.9 Å². The second kappa shape index (κ2) is 11.1. The number of hydrogen-bond donors (Lipinski definition) is 2. The van der Waals surface area contributed by atoms with E-state index in [4.69, 9.17) is 14.2 Å². The fourth-order valence-corrected chi connectivity index (χ4v) is 2.35. The van der Waals surface area contributed by atoms with Crippen molar-refractivity contribution in [1.82, 2.24) is 10.9 Å². The van der Waals surface area contributed by atoms with Gasteiger partial charge in [0.15, 0.2) is 6.10 Å². The first-order valence-corrected chi connectivity index (χ1v) is 9.59. The molecular formula is C22H28N2O5. The largest absolute Gasteiger partial charge is 0.494 e. The standard InChI is InChI=1S/C22H28N2O5/c1-5-27-19-10-12-20(13-11-19)29-16(4)21(25)23-24-22(26)18-8-6-17(7-9-18)14-28-15(2)3/h6-13,15-16H,5,14H2,1-4H3,(H,23,25)(H,24,26)/t16-/m0/s1. The maximum Gasteiger partial charge on any atom is 0.279 e. The summed E-state index contributed by atoms with van der Waals surface area (Å²) in [4.78, 5) is 24.4. The SMILES string of the molecule is CCOc1ccc(O[C@@H](C)C(=O)NNC(=O)c2ccc(COC(C)C)cc2)cc1. The molecule has 1 atom stereocenters. The number of carbonyl (C=O) groups is 2. The van der Waals surface area contributed by atoms with Crippen LogP contribution >= 0.6 is 0 Å². The minimum atomic E-state index is -0.788. The highest BCUT2D eigenvalue weighted by Crippen LogP contribution is 2.18. The smallest absolute Gasteiger partial charge is 0.279 e. The molecule has 0 saturated heterocycles. The minimum Gasteiger partial charge on any atom is -0.494 e. The summed E-state index contributed by atoms with van der Waals surface area (Å²) in [7, 11) is 0. The van der Waals surface area contributed by atoms with E-state index < -0.39 is 17.9 Å². The number of ether oxygens (including phenoxy) is 3. The average molecular weight is 400 g/mol. The number of benzene rings is 2. The molecule has 2 aromatic rings. The lowest BCUT2D eigenvalue weighted by molar-refractivity contribution is -0.128. The van der Waals surface area contributed by atoms with Crippen molar-refractivity contribution in [2.75, 3.05) is 6.61 Å². The molecule has 2 amide bonds. The van der Waals surface area contributed by atoms with Crippen LogP contribution in [0.1, 0.15) is 43.6 Å². The zero-order valence-corrected chi connectivity index (χ0v) is 17.2. The molecule has 0 aliphatic rings. The summed E-state index contributed by atoms with van der Waals surface area (Å²) in [6, 6.07) is 14.0. The van der Waals surface area contributed by atoms with Gasteiger partial charge in [-0.25, -0.2) is 0 Å². The summed E-state index contributed by atoms with van der Waals surface area (Å²) >= 11 is 0. The summed E-state index contributed by atoms with van der Waals surface area (Å²) in [5.41, 5.74) is 6.16. The molecule has 0 bridgehead atoms. The average Bonchev–Trinajstić information content (AvgIpc) is 2.72. The molecule has 2 rings (SSSR count). The Balaban J connectivity index is 1.80. The maximum atomic E-state index is 12.2. The van der Waals surface area contributed by atoms with Crippen molar-refractivity contribution in [3.8, 4) is 11.5 Å². The van der Waals surface area contributed by atoms with Gasteiger partial charge in [0.1, 0.15) is 11.5 Å². The predicted molar refractivity (Wildman–Crippen MR) is 110 cm³/mol. The highest BCUT2D eigenvalue weighted by atomic mass is 16.5. The number of hydrogen-bond acceptors (Lipinski definition) is 5. The van der Waals surface area contributed by atoms with Crippen molar-refractivity contribution >= 4 is 11.8 Å². The van der Waals surface area contributed by atoms with Crippen molar-refractivity contribution in [3.63, 3.8) is 0 Å². The second-order valence-corrected chi connectivity index (χ2v) is 6.66. The molecule has 7 heteroatoms. The van der Waals surface area contributed by atoms with Gasteiger partial charge >= 0.3 is 0 Å². The molecule has 156 valence electrons. The number of carbonyl (C=O) groups excluding carboxylic acids is 2. The number of amides is 2. The van der Waals surface area contributed by atoms with Crippen LogP contribution in [-0.4, -0.2) is 30.6 Å². The van der Waals surface area contributed by atoms with Crippen molar-refractivity contribution in [1.29, 1.82) is 0 Å². The lowest BCUT2D eigenvalue weighted by atomic mass is 10.1. The van der Waals surface area contributed by atoms with Gasteiger partial charge in [-0.15, -0.1) is 0 Å². The molecule has 0 aliphatic carbocycles. The molecule has 0 fully saturated rings. The van der Waals surface area contributed by atoms with Crippen LogP contribution in [0.5, 0.6) is 11.5 Å². The molecule has 0 unspecified atom stereocenters. The summed E-state index contributed by atoms with van der Waals surface area (Å²) in [6.07, 6.45) is -0.649. The van der Waals surface area contributed by atoms with E-state index in [0.29, 0.717) is 24.5 Å². The molecule has 2 N–H and O–H groups in total. The Morgan fingerprint density at radius 1 is 0.897 bits per heavy atom. The van der Waals surface area contributed by atoms with Crippen LogP contribution in [0.15, 0.2) is 48.5 Å². The highest BCUT2D eigenvalue weighted by molar-refractivity contribution is 5.95. The molecule has 0 spiro atoms. The second-order valence-electron chi connectivity index (χ2n) is 6.66. The Morgan fingerprint density at radius 3 is 2.10 bits per heavy atom. The molecule has 2 aromatic carbocycles. The van der Waals surface area contributed by atoms with E-state index in [1.807, 2.05) is 32.9 Å². The van der Waals surface area contributed by atoms with E-state index in [0.717, 1.165) is 11.3 Å². The van der Waals surface area contributed by atoms with Crippen molar-refractivity contribution in [2.45, 2.75) is 46.5 Å². The van der Waals surface area contributed by atoms with Crippen molar-refractivity contribution in [2.24, 2.45) is 0 Å². The molecular weight excluding hydrogens is 372 g/mol. The third kappa shape index (κ3) is 7.46. The third-order valence-corrected chi connectivity index (χ3v) is 3.92. The molecule has 0 aliphatic heterocycles. The zero-order chi connectivity index (χ0) is 21.2. The Hall–Kier alpha value is -3.06. The van der Waals surface area contributed by atoms with Gasteiger partial charge in [-0.2, -0.15) is 0 Å². The normalized spacial score (nSPS) is 11.6. The predicted octanol–water partition coefficient (Wildman–Crippen LogP) is 3.24. The summed E-state index contributed by atoms with van der Waals surface area (Å²) in [5, 5.41) is 0. The van der Waals surface area contributed by atoms with Gasteiger partial charge in [-0.05, 0) is 69.7 Å². The van der Waals surface area contributed by atoms with E-state index in [9.17, 15) is 9.59 Å². The Morgan fingerprint density at radius 2 is 1.52 bits per heavy atom. The van der Waals surface area contributed by atoms with Gasteiger partial charge in [0.2, 0.25) is 0 Å². The van der Waals surface area contributed by atoms with Crippen LogP contribution in [0, 0.1) is 0 Å². The molecule has 0 radical (unpaired) electrons. The van der Waals surface area contributed by atoms with E-state index in [-0.39, 0.29) is 6.10 Å². The molecule has 29 heavy (non-hydrogen) atoms.